The molecule has 1 unspecified atom stereocenters. The van der Waals surface area contributed by atoms with Crippen molar-refractivity contribution in [2.24, 2.45) is 0 Å². The average Bonchev–Trinajstić information content (AvgIpc) is 2.46. The first-order valence-electron chi connectivity index (χ1n) is 7.39. The van der Waals surface area contributed by atoms with Crippen molar-refractivity contribution in [2.45, 2.75) is 18.9 Å². The van der Waals surface area contributed by atoms with Gasteiger partial charge in [-0.25, -0.2) is 0 Å². The van der Waals surface area contributed by atoms with E-state index in [1.165, 1.54) is 0 Å². The van der Waals surface area contributed by atoms with E-state index in [9.17, 15) is 9.90 Å². The van der Waals surface area contributed by atoms with Gasteiger partial charge >= 0.3 is 0 Å². The summed E-state index contributed by atoms with van der Waals surface area (Å²) in [6.07, 6.45) is 1.19. The Morgan fingerprint density at radius 1 is 1.24 bits per heavy atom. The van der Waals surface area contributed by atoms with Crippen LogP contribution in [0.25, 0.3) is 0 Å². The summed E-state index contributed by atoms with van der Waals surface area (Å²) < 4.78 is 0.661. The van der Waals surface area contributed by atoms with Crippen LogP contribution in [0.15, 0.2) is 30.3 Å². The number of hydrogen-bond donors (Lipinski definition) is 3. The van der Waals surface area contributed by atoms with Gasteiger partial charge < -0.3 is 20.0 Å². The molecule has 5 nitrogen and oxygen atoms in total. The molecule has 0 saturated carbocycles. The van der Waals surface area contributed by atoms with E-state index in [1.807, 2.05) is 32.3 Å². The Kier molecular flexibility index (Phi) is 7.36. The lowest BCUT2D eigenvalue weighted by Crippen LogP contribution is -2.47. The number of aliphatic hydroxyl groups is 2. The molecule has 118 valence electrons. The summed E-state index contributed by atoms with van der Waals surface area (Å²) >= 11 is 0. The van der Waals surface area contributed by atoms with Crippen molar-refractivity contribution in [3.05, 3.63) is 35.9 Å². The van der Waals surface area contributed by atoms with E-state index < -0.39 is 6.10 Å². The van der Waals surface area contributed by atoms with Crippen molar-refractivity contribution >= 4 is 5.91 Å². The molecule has 0 bridgehead atoms. The van der Waals surface area contributed by atoms with Gasteiger partial charge in [-0.15, -0.1) is 0 Å². The summed E-state index contributed by atoms with van der Waals surface area (Å²) in [5.74, 6) is -0.0416. The second-order valence-electron chi connectivity index (χ2n) is 6.01. The van der Waals surface area contributed by atoms with Crippen LogP contribution in [0.2, 0.25) is 0 Å². The lowest BCUT2D eigenvalue weighted by molar-refractivity contribution is -0.893. The molecule has 5 heteroatoms. The fourth-order valence-corrected chi connectivity index (χ4v) is 2.28. The number of carbonyl (C=O) groups excluding carboxylic acids is 1. The van der Waals surface area contributed by atoms with E-state index in [2.05, 4.69) is 5.32 Å². The van der Waals surface area contributed by atoms with Crippen LogP contribution < -0.4 is 5.32 Å². The minimum Gasteiger partial charge on any atom is -0.393 e. The van der Waals surface area contributed by atoms with Gasteiger partial charge in [0.05, 0.1) is 27.2 Å². The lowest BCUT2D eigenvalue weighted by atomic mass is 10.2. The molecule has 1 atom stereocenters. The summed E-state index contributed by atoms with van der Waals surface area (Å²) in [7, 11) is 4.06. The summed E-state index contributed by atoms with van der Waals surface area (Å²) in [6.45, 7) is 1.89. The van der Waals surface area contributed by atoms with Gasteiger partial charge in [-0.2, -0.15) is 0 Å². The zero-order valence-corrected chi connectivity index (χ0v) is 13.0. The molecule has 0 heterocycles. The fourth-order valence-electron chi connectivity index (χ4n) is 2.28. The Labute approximate surface area is 126 Å². The van der Waals surface area contributed by atoms with Crippen LogP contribution in [-0.2, 0) is 0 Å². The normalized spacial score (nSPS) is 13.0. The molecule has 0 spiro atoms. The molecule has 21 heavy (non-hydrogen) atoms. The monoisotopic (exact) mass is 295 g/mol. The van der Waals surface area contributed by atoms with E-state index in [-0.39, 0.29) is 12.5 Å². The maximum atomic E-state index is 11.8. The molecule has 0 aliphatic heterocycles. The summed E-state index contributed by atoms with van der Waals surface area (Å²) in [4.78, 5) is 11.8. The number of likely N-dealkylation sites (N-methyl/N-ethyl adjacent to an activating group) is 1. The van der Waals surface area contributed by atoms with Crippen molar-refractivity contribution in [2.75, 3.05) is 40.3 Å². The molecule has 1 amide bonds. The predicted octanol–water partition coefficient (Wildman–Crippen LogP) is 0.626. The first-order valence-corrected chi connectivity index (χ1v) is 7.39. The zero-order valence-electron chi connectivity index (χ0n) is 13.0. The standard InChI is InChI=1S/C16H26N2O3/c1-18(2,12-15(20)13-19)11-7-6-10-17-16(21)14-8-4-3-5-9-14/h3-5,8-9,15,19-20H,6-7,10-13H2,1-2H3/p+1. The van der Waals surface area contributed by atoms with Crippen LogP contribution in [0.1, 0.15) is 23.2 Å². The number of rotatable bonds is 9. The highest BCUT2D eigenvalue weighted by Crippen LogP contribution is 2.04. The average molecular weight is 295 g/mol. The van der Waals surface area contributed by atoms with Crippen molar-refractivity contribution < 1.29 is 19.5 Å². The maximum absolute atomic E-state index is 11.8. The molecular formula is C16H27N2O3+. The Morgan fingerprint density at radius 3 is 2.52 bits per heavy atom. The van der Waals surface area contributed by atoms with Gasteiger partial charge in [0.2, 0.25) is 0 Å². The van der Waals surface area contributed by atoms with E-state index in [1.54, 1.807) is 12.1 Å². The van der Waals surface area contributed by atoms with Gasteiger partial charge in [-0.05, 0) is 25.0 Å². The quantitative estimate of drug-likeness (QED) is 0.462. The van der Waals surface area contributed by atoms with Gasteiger partial charge in [0.1, 0.15) is 12.6 Å². The van der Waals surface area contributed by atoms with Crippen molar-refractivity contribution in [1.82, 2.24) is 5.32 Å². The van der Waals surface area contributed by atoms with Crippen LogP contribution in [0.4, 0.5) is 0 Å². The Bertz CT molecular complexity index is 421. The minimum absolute atomic E-state index is 0.0416. The maximum Gasteiger partial charge on any atom is 0.251 e. The fraction of sp³-hybridized carbons (Fsp3) is 0.562. The van der Waals surface area contributed by atoms with Crippen molar-refractivity contribution in [3.8, 4) is 0 Å². The number of amides is 1. The van der Waals surface area contributed by atoms with Gasteiger partial charge in [-0.3, -0.25) is 4.79 Å². The highest BCUT2D eigenvalue weighted by atomic mass is 16.3. The van der Waals surface area contributed by atoms with E-state index >= 15 is 0 Å². The molecule has 0 radical (unpaired) electrons. The van der Waals surface area contributed by atoms with Gasteiger partial charge in [0.25, 0.3) is 5.91 Å². The van der Waals surface area contributed by atoms with Gasteiger partial charge in [0.15, 0.2) is 0 Å². The molecule has 0 aliphatic carbocycles. The Morgan fingerprint density at radius 2 is 1.90 bits per heavy atom. The van der Waals surface area contributed by atoms with Crippen molar-refractivity contribution in [3.63, 3.8) is 0 Å². The molecule has 0 aliphatic rings. The van der Waals surface area contributed by atoms with Crippen LogP contribution in [0, 0.1) is 0 Å². The molecule has 0 fully saturated rings. The first kappa shape index (κ1) is 17.6. The van der Waals surface area contributed by atoms with E-state index in [0.29, 0.717) is 23.1 Å². The first-order chi connectivity index (χ1) is 9.94. The Hall–Kier alpha value is -1.43. The highest BCUT2D eigenvalue weighted by molar-refractivity contribution is 5.94. The number of nitrogens with one attached hydrogen (secondary N) is 1. The number of aliphatic hydroxyl groups excluding tert-OH is 2. The second kappa shape index (κ2) is 8.77. The van der Waals surface area contributed by atoms with Crippen LogP contribution in [0.3, 0.4) is 0 Å². The molecular weight excluding hydrogens is 268 g/mol. The summed E-state index contributed by atoms with van der Waals surface area (Å²) in [6, 6.07) is 9.18. The van der Waals surface area contributed by atoms with Crippen LogP contribution in [0.5, 0.6) is 0 Å². The molecule has 0 saturated heterocycles. The zero-order chi connectivity index (χ0) is 15.7. The molecule has 1 aromatic carbocycles. The van der Waals surface area contributed by atoms with Crippen LogP contribution in [-0.4, -0.2) is 67.0 Å². The third kappa shape index (κ3) is 7.22. The summed E-state index contributed by atoms with van der Waals surface area (Å²) in [5, 5.41) is 21.2. The number of unbranched alkanes of at least 4 members (excludes halogenated alkanes) is 1. The molecule has 0 aromatic heterocycles. The predicted molar refractivity (Wildman–Crippen MR) is 82.9 cm³/mol. The highest BCUT2D eigenvalue weighted by Gasteiger charge is 2.19. The SMILES string of the molecule is C[N+](C)(CCCCNC(=O)c1ccccc1)CC(O)CO. The molecule has 1 rings (SSSR count). The Balaban J connectivity index is 2.18. The topological polar surface area (TPSA) is 69.6 Å². The number of nitrogens with zero attached hydrogens (tertiary/aromatic N) is 1. The third-order valence-electron chi connectivity index (χ3n) is 3.43. The molecule has 3 N–H and O–H groups in total. The number of hydrogen-bond acceptors (Lipinski definition) is 3. The number of quaternary nitrogens is 1. The number of carbonyl (C=O) groups is 1. The van der Waals surface area contributed by atoms with E-state index in [0.717, 1.165) is 19.4 Å². The lowest BCUT2D eigenvalue weighted by Gasteiger charge is -2.31. The molecule has 1 aromatic rings. The number of benzene rings is 1. The minimum atomic E-state index is -0.669. The third-order valence-corrected chi connectivity index (χ3v) is 3.43. The smallest absolute Gasteiger partial charge is 0.251 e. The summed E-state index contributed by atoms with van der Waals surface area (Å²) in [5.41, 5.74) is 0.680. The van der Waals surface area contributed by atoms with Crippen LogP contribution >= 0.6 is 0 Å². The van der Waals surface area contributed by atoms with Gasteiger partial charge in [-0.1, -0.05) is 18.2 Å². The van der Waals surface area contributed by atoms with E-state index in [4.69, 9.17) is 5.11 Å². The van der Waals surface area contributed by atoms with Gasteiger partial charge in [0, 0.05) is 12.1 Å². The largest absolute Gasteiger partial charge is 0.393 e. The van der Waals surface area contributed by atoms with Crippen molar-refractivity contribution in [1.29, 1.82) is 0 Å². The second-order valence-corrected chi connectivity index (χ2v) is 6.01.